The Morgan fingerprint density at radius 2 is 1.74 bits per heavy atom. The van der Waals surface area contributed by atoms with E-state index in [4.69, 9.17) is 14.6 Å². The fraction of sp³-hybridized carbons (Fsp3) is 1.00. The molecular formula is C16H32O3. The molecule has 0 amide bonds. The fourth-order valence-electron chi connectivity index (χ4n) is 2.98. The second-order valence-corrected chi connectivity index (χ2v) is 6.36. The van der Waals surface area contributed by atoms with Crippen LogP contribution in [0.2, 0.25) is 0 Å². The van der Waals surface area contributed by atoms with E-state index in [9.17, 15) is 0 Å². The van der Waals surface area contributed by atoms with E-state index in [1.165, 1.54) is 38.5 Å². The van der Waals surface area contributed by atoms with E-state index in [1.54, 1.807) is 0 Å². The molecule has 19 heavy (non-hydrogen) atoms. The highest BCUT2D eigenvalue weighted by molar-refractivity contribution is 4.88. The topological polar surface area (TPSA) is 38.7 Å². The lowest BCUT2D eigenvalue weighted by Crippen LogP contribution is -2.37. The first-order valence-electron chi connectivity index (χ1n) is 7.91. The monoisotopic (exact) mass is 272 g/mol. The number of hydrogen-bond acceptors (Lipinski definition) is 3. The van der Waals surface area contributed by atoms with Gasteiger partial charge in [-0.15, -0.1) is 0 Å². The molecule has 114 valence electrons. The quantitative estimate of drug-likeness (QED) is 0.698. The van der Waals surface area contributed by atoms with E-state index in [0.717, 1.165) is 5.92 Å². The first-order chi connectivity index (χ1) is 9.01. The molecule has 0 aromatic rings. The van der Waals surface area contributed by atoms with Gasteiger partial charge >= 0.3 is 0 Å². The van der Waals surface area contributed by atoms with Gasteiger partial charge in [0.15, 0.2) is 0 Å². The summed E-state index contributed by atoms with van der Waals surface area (Å²) in [6.45, 7) is 9.19. The van der Waals surface area contributed by atoms with Crippen LogP contribution in [-0.2, 0) is 9.47 Å². The SMILES string of the molecule is CCC(C)CC1(OC(C)COC(C)CO)CCCC1. The lowest BCUT2D eigenvalue weighted by Gasteiger charge is -2.35. The van der Waals surface area contributed by atoms with Crippen molar-refractivity contribution >= 4 is 0 Å². The van der Waals surface area contributed by atoms with Gasteiger partial charge < -0.3 is 14.6 Å². The minimum absolute atomic E-state index is 0.0741. The van der Waals surface area contributed by atoms with Gasteiger partial charge in [0.25, 0.3) is 0 Å². The maximum atomic E-state index is 8.97. The number of aliphatic hydroxyl groups excluding tert-OH is 1. The molecule has 1 rings (SSSR count). The number of hydrogen-bond donors (Lipinski definition) is 1. The van der Waals surface area contributed by atoms with Crippen LogP contribution in [0.1, 0.15) is 66.2 Å². The van der Waals surface area contributed by atoms with Gasteiger partial charge in [-0.3, -0.25) is 0 Å². The third kappa shape index (κ3) is 5.80. The lowest BCUT2D eigenvalue weighted by atomic mass is 9.88. The average molecular weight is 272 g/mol. The molecule has 3 unspecified atom stereocenters. The molecule has 3 nitrogen and oxygen atoms in total. The van der Waals surface area contributed by atoms with E-state index in [2.05, 4.69) is 20.8 Å². The summed E-state index contributed by atoms with van der Waals surface area (Å²) in [7, 11) is 0. The summed E-state index contributed by atoms with van der Waals surface area (Å²) in [5.74, 6) is 0.725. The van der Waals surface area contributed by atoms with Crippen LogP contribution in [0, 0.1) is 5.92 Å². The predicted molar refractivity (Wildman–Crippen MR) is 78.3 cm³/mol. The summed E-state index contributed by atoms with van der Waals surface area (Å²) in [5.41, 5.74) is 0.0840. The van der Waals surface area contributed by atoms with Crippen molar-refractivity contribution in [2.45, 2.75) is 84.0 Å². The van der Waals surface area contributed by atoms with E-state index in [0.29, 0.717) is 6.61 Å². The maximum absolute atomic E-state index is 8.97. The number of ether oxygens (including phenoxy) is 2. The Hall–Kier alpha value is -0.120. The van der Waals surface area contributed by atoms with Gasteiger partial charge in [0.05, 0.1) is 31.0 Å². The second-order valence-electron chi connectivity index (χ2n) is 6.36. The maximum Gasteiger partial charge on any atom is 0.0788 e. The summed E-state index contributed by atoms with van der Waals surface area (Å²) < 4.78 is 11.9. The van der Waals surface area contributed by atoms with Crippen LogP contribution in [0.4, 0.5) is 0 Å². The summed E-state index contributed by atoms with van der Waals surface area (Å²) >= 11 is 0. The summed E-state index contributed by atoms with van der Waals surface area (Å²) in [6.07, 6.45) is 7.36. The molecule has 1 aliphatic carbocycles. The van der Waals surface area contributed by atoms with Gasteiger partial charge in [0.2, 0.25) is 0 Å². The fourth-order valence-corrected chi connectivity index (χ4v) is 2.98. The zero-order valence-electron chi connectivity index (χ0n) is 13.2. The van der Waals surface area contributed by atoms with Gasteiger partial charge in [0, 0.05) is 0 Å². The van der Waals surface area contributed by atoms with Gasteiger partial charge in [-0.1, -0.05) is 33.1 Å². The van der Waals surface area contributed by atoms with Crippen molar-refractivity contribution in [3.63, 3.8) is 0 Å². The highest BCUT2D eigenvalue weighted by atomic mass is 16.6. The summed E-state index contributed by atoms with van der Waals surface area (Å²) in [4.78, 5) is 0. The third-order valence-electron chi connectivity index (χ3n) is 4.26. The van der Waals surface area contributed by atoms with E-state index in [-0.39, 0.29) is 24.4 Å². The van der Waals surface area contributed by atoms with Gasteiger partial charge in [0.1, 0.15) is 0 Å². The number of rotatable bonds is 9. The van der Waals surface area contributed by atoms with Crippen molar-refractivity contribution in [3.8, 4) is 0 Å². The van der Waals surface area contributed by atoms with Crippen molar-refractivity contribution in [2.75, 3.05) is 13.2 Å². The van der Waals surface area contributed by atoms with Crippen LogP contribution in [0.15, 0.2) is 0 Å². The Bertz CT molecular complexity index is 236. The molecule has 0 aliphatic heterocycles. The highest BCUT2D eigenvalue weighted by Gasteiger charge is 2.37. The molecule has 3 heteroatoms. The van der Waals surface area contributed by atoms with Gasteiger partial charge in [-0.2, -0.15) is 0 Å². The largest absolute Gasteiger partial charge is 0.394 e. The van der Waals surface area contributed by atoms with Crippen LogP contribution in [0.5, 0.6) is 0 Å². The lowest BCUT2D eigenvalue weighted by molar-refractivity contribution is -0.128. The molecule has 1 fully saturated rings. The smallest absolute Gasteiger partial charge is 0.0788 e. The van der Waals surface area contributed by atoms with Crippen LogP contribution in [-0.4, -0.2) is 36.1 Å². The molecule has 0 aromatic heterocycles. The molecular weight excluding hydrogens is 240 g/mol. The average Bonchev–Trinajstić information content (AvgIpc) is 2.83. The Labute approximate surface area is 118 Å². The Balaban J connectivity index is 2.44. The highest BCUT2D eigenvalue weighted by Crippen LogP contribution is 2.39. The van der Waals surface area contributed by atoms with E-state index in [1.807, 2.05) is 6.92 Å². The Kier molecular flexibility index (Phi) is 7.33. The van der Waals surface area contributed by atoms with E-state index < -0.39 is 0 Å². The zero-order chi connectivity index (χ0) is 14.3. The van der Waals surface area contributed by atoms with Crippen LogP contribution in [0.3, 0.4) is 0 Å². The molecule has 0 radical (unpaired) electrons. The minimum Gasteiger partial charge on any atom is -0.394 e. The molecule has 0 heterocycles. The van der Waals surface area contributed by atoms with Gasteiger partial charge in [-0.05, 0) is 39.0 Å². The predicted octanol–water partition coefficient (Wildman–Crippen LogP) is 3.54. The summed E-state index contributed by atoms with van der Waals surface area (Å²) in [6, 6.07) is 0. The number of aliphatic hydroxyl groups is 1. The van der Waals surface area contributed by atoms with Crippen LogP contribution in [0.25, 0.3) is 0 Å². The normalized spacial score (nSPS) is 23.2. The third-order valence-corrected chi connectivity index (χ3v) is 4.26. The van der Waals surface area contributed by atoms with Crippen molar-refractivity contribution < 1.29 is 14.6 Å². The molecule has 3 atom stereocenters. The van der Waals surface area contributed by atoms with Crippen LogP contribution < -0.4 is 0 Å². The molecule has 0 saturated heterocycles. The first kappa shape index (κ1) is 16.9. The zero-order valence-corrected chi connectivity index (χ0v) is 13.2. The van der Waals surface area contributed by atoms with Crippen molar-refractivity contribution in [1.82, 2.24) is 0 Å². The van der Waals surface area contributed by atoms with Crippen molar-refractivity contribution in [3.05, 3.63) is 0 Å². The molecule has 0 bridgehead atoms. The van der Waals surface area contributed by atoms with E-state index >= 15 is 0 Å². The standard InChI is InChI=1S/C16H32O3/c1-5-13(2)10-16(8-6-7-9-16)19-15(4)12-18-14(3)11-17/h13-15,17H,5-12H2,1-4H3. The molecule has 1 N–H and O–H groups in total. The van der Waals surface area contributed by atoms with Gasteiger partial charge in [-0.25, -0.2) is 0 Å². The molecule has 1 saturated carbocycles. The van der Waals surface area contributed by atoms with Crippen LogP contribution >= 0.6 is 0 Å². The van der Waals surface area contributed by atoms with Crippen molar-refractivity contribution in [1.29, 1.82) is 0 Å². The second kappa shape index (κ2) is 8.23. The first-order valence-corrected chi connectivity index (χ1v) is 7.91. The Morgan fingerprint density at radius 1 is 1.11 bits per heavy atom. The molecule has 0 aromatic carbocycles. The minimum atomic E-state index is -0.0971. The molecule has 0 spiro atoms. The Morgan fingerprint density at radius 3 is 2.26 bits per heavy atom. The van der Waals surface area contributed by atoms with Crippen molar-refractivity contribution in [2.24, 2.45) is 5.92 Å². The summed E-state index contributed by atoms with van der Waals surface area (Å²) in [5, 5.41) is 8.97. The molecule has 1 aliphatic rings.